The zero-order valence-corrected chi connectivity index (χ0v) is 10.7. The summed E-state index contributed by atoms with van der Waals surface area (Å²) in [5.41, 5.74) is 2.47. The summed E-state index contributed by atoms with van der Waals surface area (Å²) >= 11 is 0. The third-order valence-corrected chi connectivity index (χ3v) is 2.66. The van der Waals surface area contributed by atoms with E-state index in [1.54, 1.807) is 6.92 Å². The number of aromatic nitrogens is 2. The Hall–Kier alpha value is -1.84. The zero-order valence-electron chi connectivity index (χ0n) is 10.7. The number of nitrogens with zero attached hydrogens (tertiary/aromatic N) is 2. The fourth-order valence-electron chi connectivity index (χ4n) is 1.57. The number of carbonyl (C=O) groups excluding carboxylic acids is 1. The van der Waals surface area contributed by atoms with Crippen molar-refractivity contribution in [3.63, 3.8) is 0 Å². The molecule has 0 aliphatic heterocycles. The number of amides is 1. The summed E-state index contributed by atoms with van der Waals surface area (Å²) in [6.07, 6.45) is 2.58. The molecule has 0 bridgehead atoms. The summed E-state index contributed by atoms with van der Waals surface area (Å²) in [6, 6.07) is 0. The van der Waals surface area contributed by atoms with E-state index in [0.29, 0.717) is 12.1 Å². The highest BCUT2D eigenvalue weighted by atomic mass is 16.1. The second-order valence-corrected chi connectivity index (χ2v) is 4.07. The van der Waals surface area contributed by atoms with Gasteiger partial charge in [-0.1, -0.05) is 12.7 Å². The lowest BCUT2D eigenvalue weighted by Crippen LogP contribution is -2.23. The van der Waals surface area contributed by atoms with Gasteiger partial charge in [-0.25, -0.2) is 4.98 Å². The predicted octanol–water partition coefficient (Wildman–Crippen LogP) is 1.65. The fraction of sp³-hybridized carbons (Fsp3) is 0.385. The van der Waals surface area contributed by atoms with Crippen LogP contribution in [0.4, 0.5) is 0 Å². The number of carbonyl (C=O) groups is 1. The first-order chi connectivity index (χ1) is 7.97. The Kier molecular flexibility index (Phi) is 4.26. The third-order valence-electron chi connectivity index (χ3n) is 2.66. The summed E-state index contributed by atoms with van der Waals surface area (Å²) in [7, 11) is 1.96. The van der Waals surface area contributed by atoms with Gasteiger partial charge in [0.2, 0.25) is 5.91 Å². The van der Waals surface area contributed by atoms with Crippen LogP contribution in [0.3, 0.4) is 0 Å². The molecule has 0 aliphatic rings. The van der Waals surface area contributed by atoms with Crippen molar-refractivity contribution in [3.8, 4) is 0 Å². The minimum atomic E-state index is -0.141. The molecule has 1 aromatic rings. The smallest absolute Gasteiger partial charge is 0.246 e. The van der Waals surface area contributed by atoms with E-state index in [1.807, 2.05) is 24.6 Å². The van der Waals surface area contributed by atoms with Crippen LogP contribution in [0.15, 0.2) is 24.8 Å². The molecule has 0 saturated heterocycles. The summed E-state index contributed by atoms with van der Waals surface area (Å²) in [5, 5.41) is 2.79. The summed E-state index contributed by atoms with van der Waals surface area (Å²) in [5.74, 6) is 0.791. The SMILES string of the molecule is C=CCc1c(CNC(=O)C(=C)C)nc(C)n1C. The molecule has 0 unspecified atom stereocenters. The molecule has 17 heavy (non-hydrogen) atoms. The molecule has 0 aromatic carbocycles. The van der Waals surface area contributed by atoms with Crippen LogP contribution >= 0.6 is 0 Å². The molecule has 0 radical (unpaired) electrons. The van der Waals surface area contributed by atoms with Crippen LogP contribution in [-0.4, -0.2) is 15.5 Å². The third kappa shape index (κ3) is 3.06. The fourth-order valence-corrected chi connectivity index (χ4v) is 1.57. The molecule has 1 aromatic heterocycles. The monoisotopic (exact) mass is 233 g/mol. The largest absolute Gasteiger partial charge is 0.347 e. The van der Waals surface area contributed by atoms with Crippen molar-refractivity contribution in [2.45, 2.75) is 26.8 Å². The maximum atomic E-state index is 11.4. The number of imidazole rings is 1. The van der Waals surface area contributed by atoms with E-state index in [9.17, 15) is 4.79 Å². The molecule has 0 spiro atoms. The van der Waals surface area contributed by atoms with Gasteiger partial charge in [0.1, 0.15) is 5.82 Å². The van der Waals surface area contributed by atoms with Gasteiger partial charge in [0.05, 0.1) is 12.2 Å². The van der Waals surface area contributed by atoms with E-state index in [0.717, 1.165) is 23.6 Å². The molecule has 1 amide bonds. The summed E-state index contributed by atoms with van der Waals surface area (Å²) in [6.45, 7) is 11.4. The number of aryl methyl sites for hydroxylation is 1. The lowest BCUT2D eigenvalue weighted by atomic mass is 10.2. The second-order valence-electron chi connectivity index (χ2n) is 4.07. The lowest BCUT2D eigenvalue weighted by molar-refractivity contribution is -0.117. The van der Waals surface area contributed by atoms with Crippen LogP contribution < -0.4 is 5.32 Å². The van der Waals surface area contributed by atoms with Crippen LogP contribution in [0.25, 0.3) is 0 Å². The first-order valence-corrected chi connectivity index (χ1v) is 5.53. The van der Waals surface area contributed by atoms with Gasteiger partial charge in [-0.3, -0.25) is 4.79 Å². The molecule has 1 rings (SSSR count). The van der Waals surface area contributed by atoms with Crippen molar-refractivity contribution >= 4 is 5.91 Å². The Balaban J connectivity index is 2.83. The molecular weight excluding hydrogens is 214 g/mol. The quantitative estimate of drug-likeness (QED) is 0.621. The van der Waals surface area contributed by atoms with Crippen LogP contribution in [0.1, 0.15) is 24.1 Å². The van der Waals surface area contributed by atoms with Gasteiger partial charge < -0.3 is 9.88 Å². The minimum absolute atomic E-state index is 0.141. The van der Waals surface area contributed by atoms with E-state index in [4.69, 9.17) is 0 Å². The Morgan fingerprint density at radius 3 is 2.76 bits per heavy atom. The molecule has 0 fully saturated rings. The van der Waals surface area contributed by atoms with Gasteiger partial charge in [0, 0.05) is 24.7 Å². The number of nitrogens with one attached hydrogen (secondary N) is 1. The van der Waals surface area contributed by atoms with Crippen molar-refractivity contribution in [2.75, 3.05) is 0 Å². The number of hydrogen-bond acceptors (Lipinski definition) is 2. The molecule has 1 N–H and O–H groups in total. The van der Waals surface area contributed by atoms with Gasteiger partial charge in [0.15, 0.2) is 0 Å². The Morgan fingerprint density at radius 1 is 1.59 bits per heavy atom. The van der Waals surface area contributed by atoms with E-state index in [1.165, 1.54) is 0 Å². The van der Waals surface area contributed by atoms with Crippen molar-refractivity contribution in [1.29, 1.82) is 0 Å². The maximum Gasteiger partial charge on any atom is 0.246 e. The van der Waals surface area contributed by atoms with Crippen molar-refractivity contribution in [1.82, 2.24) is 14.9 Å². The Bertz CT molecular complexity index is 457. The normalized spacial score (nSPS) is 10.1. The molecule has 0 atom stereocenters. The predicted molar refractivity (Wildman–Crippen MR) is 68.5 cm³/mol. The first kappa shape index (κ1) is 13.2. The molecule has 92 valence electrons. The van der Waals surface area contributed by atoms with Crippen LogP contribution in [-0.2, 0) is 24.8 Å². The van der Waals surface area contributed by atoms with Crippen LogP contribution in [0, 0.1) is 6.92 Å². The summed E-state index contributed by atoms with van der Waals surface area (Å²) < 4.78 is 2.02. The topological polar surface area (TPSA) is 46.9 Å². The summed E-state index contributed by atoms with van der Waals surface area (Å²) in [4.78, 5) is 15.8. The molecule has 1 heterocycles. The highest BCUT2D eigenvalue weighted by molar-refractivity contribution is 5.91. The molecular formula is C13H19N3O. The molecule has 0 saturated carbocycles. The molecule has 0 aliphatic carbocycles. The van der Waals surface area contributed by atoms with Gasteiger partial charge in [-0.05, 0) is 13.8 Å². The van der Waals surface area contributed by atoms with Crippen molar-refractivity contribution < 1.29 is 4.79 Å². The lowest BCUT2D eigenvalue weighted by Gasteiger charge is -2.05. The first-order valence-electron chi connectivity index (χ1n) is 5.53. The van der Waals surface area contributed by atoms with Gasteiger partial charge in [0.25, 0.3) is 0 Å². The minimum Gasteiger partial charge on any atom is -0.347 e. The number of hydrogen-bond donors (Lipinski definition) is 1. The van der Waals surface area contributed by atoms with E-state index >= 15 is 0 Å². The standard InChI is InChI=1S/C13H19N3O/c1-6-7-12-11(15-10(4)16(12)5)8-14-13(17)9(2)3/h6H,1-2,7-8H2,3-5H3,(H,14,17). The Morgan fingerprint density at radius 2 is 2.24 bits per heavy atom. The number of allylic oxidation sites excluding steroid dienone is 1. The highest BCUT2D eigenvalue weighted by Gasteiger charge is 2.11. The Labute approximate surface area is 102 Å². The highest BCUT2D eigenvalue weighted by Crippen LogP contribution is 2.11. The zero-order chi connectivity index (χ0) is 13.0. The van der Waals surface area contributed by atoms with Crippen molar-refractivity contribution in [2.24, 2.45) is 7.05 Å². The van der Waals surface area contributed by atoms with E-state index in [-0.39, 0.29) is 5.91 Å². The molecule has 4 nitrogen and oxygen atoms in total. The van der Waals surface area contributed by atoms with Gasteiger partial charge in [-0.15, -0.1) is 6.58 Å². The average Bonchev–Trinajstić information content (AvgIpc) is 2.54. The maximum absolute atomic E-state index is 11.4. The van der Waals surface area contributed by atoms with E-state index in [2.05, 4.69) is 23.5 Å². The van der Waals surface area contributed by atoms with Gasteiger partial charge in [-0.2, -0.15) is 0 Å². The van der Waals surface area contributed by atoms with Gasteiger partial charge >= 0.3 is 0 Å². The van der Waals surface area contributed by atoms with Crippen molar-refractivity contribution in [3.05, 3.63) is 42.0 Å². The number of rotatable bonds is 5. The average molecular weight is 233 g/mol. The van der Waals surface area contributed by atoms with Crippen LogP contribution in [0.5, 0.6) is 0 Å². The van der Waals surface area contributed by atoms with Crippen LogP contribution in [0.2, 0.25) is 0 Å². The molecule has 4 heteroatoms. The second kappa shape index (κ2) is 5.48. The van der Waals surface area contributed by atoms with E-state index < -0.39 is 0 Å².